The fourth-order valence-corrected chi connectivity index (χ4v) is 2.13. The van der Waals surface area contributed by atoms with E-state index in [9.17, 15) is 4.79 Å². The van der Waals surface area contributed by atoms with Gasteiger partial charge in [0.15, 0.2) is 0 Å². The van der Waals surface area contributed by atoms with E-state index in [0.717, 1.165) is 16.9 Å². The molecule has 2 rings (SSSR count). The topological polar surface area (TPSA) is 64.3 Å². The molecule has 1 aromatic carbocycles. The lowest BCUT2D eigenvalue weighted by atomic mass is 10.1. The Bertz CT molecular complexity index is 475. The maximum atomic E-state index is 11.7. The highest BCUT2D eigenvalue weighted by Gasteiger charge is 2.28. The predicted molar refractivity (Wildman–Crippen MR) is 87.0 cm³/mol. The van der Waals surface area contributed by atoms with Crippen LogP contribution >= 0.6 is 12.4 Å². The van der Waals surface area contributed by atoms with Gasteiger partial charge < -0.3 is 15.8 Å². The quantitative estimate of drug-likeness (QED) is 0.812. The van der Waals surface area contributed by atoms with Crippen molar-refractivity contribution < 1.29 is 9.53 Å². The molecule has 1 aromatic rings. The summed E-state index contributed by atoms with van der Waals surface area (Å²) in [4.78, 5) is 11.7. The van der Waals surface area contributed by atoms with Crippen molar-refractivity contribution >= 4 is 18.3 Å². The number of rotatable bonds is 7. The van der Waals surface area contributed by atoms with Crippen LogP contribution in [0, 0.1) is 19.8 Å². The summed E-state index contributed by atoms with van der Waals surface area (Å²) in [5.74, 6) is 1.47. The van der Waals surface area contributed by atoms with Crippen molar-refractivity contribution in [1.29, 1.82) is 0 Å². The van der Waals surface area contributed by atoms with E-state index < -0.39 is 0 Å². The average Bonchev–Trinajstić information content (AvgIpc) is 3.24. The molecule has 0 aliphatic heterocycles. The van der Waals surface area contributed by atoms with Crippen LogP contribution in [0.5, 0.6) is 5.75 Å². The SMILES string of the molecule is Cc1ccc(C)c(OCCC(=O)NCC(N)C2CC2)c1.Cl. The monoisotopic (exact) mass is 312 g/mol. The number of hydrogen-bond donors (Lipinski definition) is 2. The van der Waals surface area contributed by atoms with Crippen LogP contribution in [0.1, 0.15) is 30.4 Å². The van der Waals surface area contributed by atoms with Gasteiger partial charge in [-0.05, 0) is 49.8 Å². The lowest BCUT2D eigenvalue weighted by molar-refractivity contribution is -0.121. The van der Waals surface area contributed by atoms with E-state index in [-0.39, 0.29) is 24.4 Å². The number of nitrogens with one attached hydrogen (secondary N) is 1. The number of nitrogens with two attached hydrogens (primary N) is 1. The maximum absolute atomic E-state index is 11.7. The summed E-state index contributed by atoms with van der Waals surface area (Å²) in [5.41, 5.74) is 8.18. The molecular formula is C16H25ClN2O2. The molecule has 1 atom stereocenters. The van der Waals surface area contributed by atoms with Crippen molar-refractivity contribution in [2.24, 2.45) is 11.7 Å². The number of hydrogen-bond acceptors (Lipinski definition) is 3. The summed E-state index contributed by atoms with van der Waals surface area (Å²) in [5, 5.41) is 2.87. The lowest BCUT2D eigenvalue weighted by Gasteiger charge is -2.12. The minimum Gasteiger partial charge on any atom is -0.493 e. The number of amides is 1. The summed E-state index contributed by atoms with van der Waals surface area (Å²) >= 11 is 0. The molecular weight excluding hydrogens is 288 g/mol. The summed E-state index contributed by atoms with van der Waals surface area (Å²) in [6, 6.07) is 6.18. The summed E-state index contributed by atoms with van der Waals surface area (Å²) in [7, 11) is 0. The second-order valence-corrected chi connectivity index (χ2v) is 5.67. The second kappa shape index (κ2) is 8.25. The van der Waals surface area contributed by atoms with Gasteiger partial charge in [0.25, 0.3) is 0 Å². The molecule has 1 amide bonds. The average molecular weight is 313 g/mol. The summed E-state index contributed by atoms with van der Waals surface area (Å²) in [6.45, 7) is 5.00. The van der Waals surface area contributed by atoms with Crippen LogP contribution in [0.15, 0.2) is 18.2 Å². The molecule has 3 N–H and O–H groups in total. The van der Waals surface area contributed by atoms with Gasteiger partial charge in [0.1, 0.15) is 5.75 Å². The van der Waals surface area contributed by atoms with Crippen LogP contribution in [0.2, 0.25) is 0 Å². The standard InChI is InChI=1S/C16H24N2O2.ClH/c1-11-3-4-12(2)15(9-11)20-8-7-16(19)18-10-14(17)13-5-6-13;/h3-4,9,13-14H,5-8,10,17H2,1-2H3,(H,18,19);1H. The highest BCUT2D eigenvalue weighted by atomic mass is 35.5. The van der Waals surface area contributed by atoms with Crippen molar-refractivity contribution in [3.05, 3.63) is 29.3 Å². The Labute approximate surface area is 132 Å². The molecule has 1 unspecified atom stereocenters. The Balaban J connectivity index is 0.00000220. The number of carbonyl (C=O) groups excluding carboxylic acids is 1. The van der Waals surface area contributed by atoms with E-state index in [1.165, 1.54) is 12.8 Å². The van der Waals surface area contributed by atoms with Crippen molar-refractivity contribution in [3.8, 4) is 5.75 Å². The van der Waals surface area contributed by atoms with E-state index in [1.54, 1.807) is 0 Å². The third kappa shape index (κ3) is 5.94. The highest BCUT2D eigenvalue weighted by molar-refractivity contribution is 5.85. The van der Waals surface area contributed by atoms with Crippen LogP contribution in [-0.4, -0.2) is 25.1 Å². The first-order chi connectivity index (χ1) is 9.56. The molecule has 4 nitrogen and oxygen atoms in total. The van der Waals surface area contributed by atoms with E-state index in [4.69, 9.17) is 10.5 Å². The lowest BCUT2D eigenvalue weighted by Crippen LogP contribution is -2.38. The molecule has 118 valence electrons. The predicted octanol–water partition coefficient (Wildman–Crippen LogP) is 2.35. The van der Waals surface area contributed by atoms with Gasteiger partial charge in [0, 0.05) is 12.6 Å². The largest absolute Gasteiger partial charge is 0.493 e. The number of aryl methyl sites for hydroxylation is 2. The molecule has 21 heavy (non-hydrogen) atoms. The Kier molecular flexibility index (Phi) is 6.99. The van der Waals surface area contributed by atoms with Crippen LogP contribution in [0.25, 0.3) is 0 Å². The third-order valence-electron chi connectivity index (χ3n) is 3.69. The second-order valence-electron chi connectivity index (χ2n) is 5.67. The van der Waals surface area contributed by atoms with Gasteiger partial charge >= 0.3 is 0 Å². The number of halogens is 1. The minimum atomic E-state index is 0. The number of ether oxygens (including phenoxy) is 1. The van der Waals surface area contributed by atoms with Gasteiger partial charge in [0.05, 0.1) is 13.0 Å². The van der Waals surface area contributed by atoms with Gasteiger partial charge in [-0.2, -0.15) is 0 Å². The molecule has 1 aliphatic carbocycles. The van der Waals surface area contributed by atoms with E-state index in [2.05, 4.69) is 5.32 Å². The molecule has 0 heterocycles. The van der Waals surface area contributed by atoms with Crippen LogP contribution in [-0.2, 0) is 4.79 Å². The molecule has 0 bridgehead atoms. The van der Waals surface area contributed by atoms with Gasteiger partial charge in [-0.15, -0.1) is 12.4 Å². The zero-order chi connectivity index (χ0) is 14.5. The van der Waals surface area contributed by atoms with Crippen molar-refractivity contribution in [1.82, 2.24) is 5.32 Å². The smallest absolute Gasteiger partial charge is 0.223 e. The van der Waals surface area contributed by atoms with Crippen LogP contribution in [0.3, 0.4) is 0 Å². The molecule has 0 aromatic heterocycles. The normalized spacial score (nSPS) is 15.0. The Morgan fingerprint density at radius 2 is 2.14 bits per heavy atom. The van der Waals surface area contributed by atoms with Crippen LogP contribution < -0.4 is 15.8 Å². The summed E-state index contributed by atoms with van der Waals surface area (Å²) < 4.78 is 5.66. The molecule has 0 spiro atoms. The summed E-state index contributed by atoms with van der Waals surface area (Å²) in [6.07, 6.45) is 2.77. The van der Waals surface area contributed by atoms with E-state index >= 15 is 0 Å². The zero-order valence-electron chi connectivity index (χ0n) is 12.7. The minimum absolute atomic E-state index is 0. The maximum Gasteiger partial charge on any atom is 0.223 e. The zero-order valence-corrected chi connectivity index (χ0v) is 13.5. The Morgan fingerprint density at radius 3 is 2.81 bits per heavy atom. The van der Waals surface area contributed by atoms with Crippen molar-refractivity contribution in [2.75, 3.05) is 13.2 Å². The first-order valence-electron chi connectivity index (χ1n) is 7.28. The third-order valence-corrected chi connectivity index (χ3v) is 3.69. The number of benzene rings is 1. The Hall–Kier alpha value is -1.26. The first kappa shape index (κ1) is 17.8. The van der Waals surface area contributed by atoms with Gasteiger partial charge in [0.2, 0.25) is 5.91 Å². The molecule has 1 saturated carbocycles. The molecule has 5 heteroatoms. The Morgan fingerprint density at radius 1 is 1.43 bits per heavy atom. The van der Waals surface area contributed by atoms with E-state index in [1.807, 2.05) is 32.0 Å². The van der Waals surface area contributed by atoms with Crippen molar-refractivity contribution in [2.45, 2.75) is 39.2 Å². The van der Waals surface area contributed by atoms with Gasteiger partial charge in [-0.3, -0.25) is 4.79 Å². The molecule has 0 saturated heterocycles. The molecule has 0 radical (unpaired) electrons. The molecule has 1 aliphatic rings. The fraction of sp³-hybridized carbons (Fsp3) is 0.562. The van der Waals surface area contributed by atoms with Crippen LogP contribution in [0.4, 0.5) is 0 Å². The van der Waals surface area contributed by atoms with E-state index in [0.29, 0.717) is 25.5 Å². The fourth-order valence-electron chi connectivity index (χ4n) is 2.13. The van der Waals surface area contributed by atoms with Gasteiger partial charge in [-0.25, -0.2) is 0 Å². The van der Waals surface area contributed by atoms with Gasteiger partial charge in [-0.1, -0.05) is 12.1 Å². The first-order valence-corrected chi connectivity index (χ1v) is 7.28. The number of carbonyl (C=O) groups is 1. The molecule has 1 fully saturated rings. The highest BCUT2D eigenvalue weighted by Crippen LogP contribution is 2.31. The van der Waals surface area contributed by atoms with Crippen molar-refractivity contribution in [3.63, 3.8) is 0 Å².